The summed E-state index contributed by atoms with van der Waals surface area (Å²) in [7, 11) is 0. The maximum atomic E-state index is 3.59. The number of benzene rings is 2. The molecule has 5 rings (SSSR count). The molecule has 2 aromatic carbocycles. The van der Waals surface area contributed by atoms with Crippen molar-refractivity contribution >= 4 is 11.4 Å². The Morgan fingerprint density at radius 3 is 2.65 bits per heavy atom. The minimum atomic E-state index is 0.312. The van der Waals surface area contributed by atoms with Crippen LogP contribution in [-0.4, -0.2) is 24.0 Å². The number of piperidine rings is 1. The second kappa shape index (κ2) is 6.13. The van der Waals surface area contributed by atoms with Gasteiger partial charge in [-0.1, -0.05) is 38.1 Å². The van der Waals surface area contributed by atoms with Gasteiger partial charge in [0.05, 0.1) is 0 Å². The average molecular weight is 347 g/mol. The topological polar surface area (TPSA) is 15.3 Å². The van der Waals surface area contributed by atoms with Crippen LogP contribution in [0.5, 0.6) is 0 Å². The highest BCUT2D eigenvalue weighted by Crippen LogP contribution is 2.50. The Morgan fingerprint density at radius 2 is 1.88 bits per heavy atom. The van der Waals surface area contributed by atoms with Crippen molar-refractivity contribution < 1.29 is 0 Å². The third-order valence-corrected chi connectivity index (χ3v) is 7.38. The monoisotopic (exact) mass is 346 g/mol. The van der Waals surface area contributed by atoms with Crippen LogP contribution in [0.3, 0.4) is 0 Å². The smallest absolute Gasteiger partial charge is 0.0387 e. The molecule has 2 heteroatoms. The molecule has 0 aromatic heterocycles. The van der Waals surface area contributed by atoms with E-state index in [2.05, 4.69) is 72.6 Å². The van der Waals surface area contributed by atoms with E-state index < -0.39 is 0 Å². The number of hydrogen-bond donors (Lipinski definition) is 1. The average Bonchev–Trinajstić information content (AvgIpc) is 3.46. The summed E-state index contributed by atoms with van der Waals surface area (Å²) >= 11 is 0. The number of para-hydroxylation sites is 1. The molecule has 0 radical (unpaired) electrons. The molecule has 3 aliphatic rings. The van der Waals surface area contributed by atoms with Crippen LogP contribution in [0.25, 0.3) is 0 Å². The van der Waals surface area contributed by atoms with Gasteiger partial charge in [-0.05, 0) is 84.9 Å². The Balaban J connectivity index is 1.45. The zero-order valence-electron chi connectivity index (χ0n) is 16.0. The fourth-order valence-corrected chi connectivity index (χ4v) is 5.33. The van der Waals surface area contributed by atoms with Crippen LogP contribution < -0.4 is 5.32 Å². The van der Waals surface area contributed by atoms with Gasteiger partial charge >= 0.3 is 0 Å². The Morgan fingerprint density at radius 1 is 1.08 bits per heavy atom. The molecule has 2 aliphatic carbocycles. The van der Waals surface area contributed by atoms with E-state index in [9.17, 15) is 0 Å². The largest absolute Gasteiger partial charge is 0.356 e. The number of likely N-dealkylation sites (tertiary alicyclic amines) is 1. The lowest BCUT2D eigenvalue weighted by atomic mass is 9.59. The summed E-state index contributed by atoms with van der Waals surface area (Å²) in [6.45, 7) is 7.64. The number of rotatable bonds is 4. The third kappa shape index (κ3) is 2.75. The first kappa shape index (κ1) is 16.4. The first-order chi connectivity index (χ1) is 12.6. The highest BCUT2D eigenvalue weighted by Gasteiger charge is 2.48. The normalized spacial score (nSPS) is 30.7. The summed E-state index contributed by atoms with van der Waals surface area (Å²) < 4.78 is 0. The van der Waals surface area contributed by atoms with E-state index in [1.54, 1.807) is 11.1 Å². The molecule has 3 atom stereocenters. The van der Waals surface area contributed by atoms with Gasteiger partial charge in [0.15, 0.2) is 0 Å². The minimum Gasteiger partial charge on any atom is -0.356 e. The van der Waals surface area contributed by atoms with Crippen molar-refractivity contribution in [2.24, 2.45) is 11.8 Å². The van der Waals surface area contributed by atoms with Crippen molar-refractivity contribution in [1.82, 2.24) is 4.90 Å². The molecule has 1 saturated heterocycles. The van der Waals surface area contributed by atoms with Gasteiger partial charge in [-0.3, -0.25) is 4.90 Å². The summed E-state index contributed by atoms with van der Waals surface area (Å²) in [5, 5.41) is 3.59. The molecule has 0 unspecified atom stereocenters. The molecule has 26 heavy (non-hydrogen) atoms. The van der Waals surface area contributed by atoms with Crippen LogP contribution in [0.4, 0.5) is 11.4 Å². The third-order valence-electron chi connectivity index (χ3n) is 7.38. The lowest BCUT2D eigenvalue weighted by Gasteiger charge is -2.55. The van der Waals surface area contributed by atoms with Crippen LogP contribution >= 0.6 is 0 Å². The molecule has 0 amide bonds. The van der Waals surface area contributed by atoms with Crippen LogP contribution in [0.15, 0.2) is 48.5 Å². The van der Waals surface area contributed by atoms with Gasteiger partial charge in [0.25, 0.3) is 0 Å². The van der Waals surface area contributed by atoms with Gasteiger partial charge in [-0.15, -0.1) is 0 Å². The SMILES string of the molecule is C[C@H]1[C@H]2Cc3ccc(Nc4ccccc4)cc3[C@]1(C)CCN2CC1CC1. The van der Waals surface area contributed by atoms with Gasteiger partial charge in [-0.25, -0.2) is 0 Å². The molecule has 2 nitrogen and oxygen atoms in total. The Hall–Kier alpha value is -1.80. The molecule has 2 bridgehead atoms. The predicted octanol–water partition coefficient (Wildman–Crippen LogP) is 5.36. The minimum absolute atomic E-state index is 0.312. The van der Waals surface area contributed by atoms with Crippen molar-refractivity contribution in [3.63, 3.8) is 0 Å². The molecule has 0 spiro atoms. The molecular formula is C24H30N2. The van der Waals surface area contributed by atoms with Gasteiger partial charge in [0.2, 0.25) is 0 Å². The number of nitrogens with zero attached hydrogens (tertiary/aromatic N) is 1. The van der Waals surface area contributed by atoms with E-state index in [0.717, 1.165) is 17.9 Å². The van der Waals surface area contributed by atoms with E-state index in [1.807, 2.05) is 0 Å². The quantitative estimate of drug-likeness (QED) is 0.801. The lowest BCUT2D eigenvalue weighted by Crippen LogP contribution is -2.58. The zero-order valence-corrected chi connectivity index (χ0v) is 16.0. The Labute approximate surface area is 157 Å². The van der Waals surface area contributed by atoms with E-state index in [1.165, 1.54) is 50.1 Å². The van der Waals surface area contributed by atoms with Crippen molar-refractivity contribution in [2.45, 2.75) is 51.0 Å². The number of hydrogen-bond acceptors (Lipinski definition) is 2. The fourth-order valence-electron chi connectivity index (χ4n) is 5.33. The van der Waals surface area contributed by atoms with Crippen molar-refractivity contribution in [1.29, 1.82) is 0 Å². The number of fused-ring (bicyclic) bond motifs is 4. The van der Waals surface area contributed by atoms with Crippen LogP contribution in [0.2, 0.25) is 0 Å². The molecule has 1 saturated carbocycles. The molecular weight excluding hydrogens is 316 g/mol. The fraction of sp³-hybridized carbons (Fsp3) is 0.500. The van der Waals surface area contributed by atoms with E-state index in [4.69, 9.17) is 0 Å². The number of anilines is 2. The standard InChI is InChI=1S/C24H30N2/c1-17-23-14-19-10-11-21(25-20-6-4-3-5-7-20)15-22(19)24(17,2)12-13-26(23)16-18-8-9-18/h3-7,10-11,15,17-18,23,25H,8-9,12-14,16H2,1-2H3/t17-,23+,24+/m0/s1. The first-order valence-corrected chi connectivity index (χ1v) is 10.3. The van der Waals surface area contributed by atoms with Crippen molar-refractivity contribution in [3.8, 4) is 0 Å². The molecule has 2 fully saturated rings. The highest BCUT2D eigenvalue weighted by atomic mass is 15.2. The van der Waals surface area contributed by atoms with Crippen molar-refractivity contribution in [2.75, 3.05) is 18.4 Å². The molecule has 1 heterocycles. The maximum absolute atomic E-state index is 3.59. The molecule has 2 aromatic rings. The summed E-state index contributed by atoms with van der Waals surface area (Å²) in [5.74, 6) is 1.72. The highest BCUT2D eigenvalue weighted by molar-refractivity contribution is 5.62. The first-order valence-electron chi connectivity index (χ1n) is 10.3. The molecule has 136 valence electrons. The van der Waals surface area contributed by atoms with Gasteiger partial charge < -0.3 is 5.32 Å². The second-order valence-electron chi connectivity index (χ2n) is 9.03. The van der Waals surface area contributed by atoms with E-state index in [-0.39, 0.29) is 0 Å². The predicted molar refractivity (Wildman–Crippen MR) is 109 cm³/mol. The molecule has 1 aliphatic heterocycles. The zero-order chi connectivity index (χ0) is 17.7. The second-order valence-corrected chi connectivity index (χ2v) is 9.03. The summed E-state index contributed by atoms with van der Waals surface area (Å²) in [6, 6.07) is 18.3. The van der Waals surface area contributed by atoms with E-state index >= 15 is 0 Å². The van der Waals surface area contributed by atoms with Crippen LogP contribution in [0.1, 0.15) is 44.2 Å². The summed E-state index contributed by atoms with van der Waals surface area (Å²) in [5.41, 5.74) is 5.87. The molecule has 1 N–H and O–H groups in total. The van der Waals surface area contributed by atoms with Gasteiger partial charge in [0.1, 0.15) is 0 Å². The lowest BCUT2D eigenvalue weighted by molar-refractivity contribution is 0.0284. The van der Waals surface area contributed by atoms with E-state index in [0.29, 0.717) is 5.41 Å². The number of nitrogens with one attached hydrogen (secondary N) is 1. The van der Waals surface area contributed by atoms with Gasteiger partial charge in [0, 0.05) is 24.0 Å². The van der Waals surface area contributed by atoms with Crippen LogP contribution in [0, 0.1) is 11.8 Å². The Bertz CT molecular complexity index is 795. The van der Waals surface area contributed by atoms with Crippen molar-refractivity contribution in [3.05, 3.63) is 59.7 Å². The van der Waals surface area contributed by atoms with Crippen LogP contribution in [-0.2, 0) is 11.8 Å². The van der Waals surface area contributed by atoms with Gasteiger partial charge in [-0.2, -0.15) is 0 Å². The Kier molecular flexibility index (Phi) is 3.86. The summed E-state index contributed by atoms with van der Waals surface area (Å²) in [4.78, 5) is 2.82. The summed E-state index contributed by atoms with van der Waals surface area (Å²) in [6.07, 6.45) is 5.43. The maximum Gasteiger partial charge on any atom is 0.0387 e.